The average molecular weight is 442 g/mol. The van der Waals surface area contributed by atoms with Gasteiger partial charge in [0.05, 0.1) is 13.7 Å². The van der Waals surface area contributed by atoms with Crippen molar-refractivity contribution < 1.29 is 4.74 Å². The third kappa shape index (κ3) is 4.93. The van der Waals surface area contributed by atoms with Crippen LogP contribution in [0.2, 0.25) is 0 Å². The molecule has 1 saturated heterocycles. The molecule has 31 heavy (non-hydrogen) atoms. The molecule has 1 aromatic carbocycles. The fraction of sp³-hybridized carbons (Fsp3) is 0.450. The number of benzene rings is 1. The molecule has 2 aromatic heterocycles. The van der Waals surface area contributed by atoms with Gasteiger partial charge < -0.3 is 19.9 Å². The van der Waals surface area contributed by atoms with Gasteiger partial charge in [-0.05, 0) is 24.3 Å². The molecule has 1 aliphatic rings. The number of H-pyrrole nitrogens is 1. The predicted octanol–water partition coefficient (Wildman–Crippen LogP) is 1.79. The number of nitrogens with zero attached hydrogens (tertiary/aromatic N) is 7. The smallest absolute Gasteiger partial charge is 0.205 e. The molecule has 3 heterocycles. The molecular weight excluding hydrogens is 414 g/mol. The first-order valence-electron chi connectivity index (χ1n) is 10.3. The molecule has 10 nitrogen and oxygen atoms in total. The second kappa shape index (κ2) is 9.73. The lowest BCUT2D eigenvalue weighted by Gasteiger charge is -2.36. The Kier molecular flexibility index (Phi) is 6.60. The van der Waals surface area contributed by atoms with Crippen molar-refractivity contribution in [3.8, 4) is 17.1 Å². The quantitative estimate of drug-likeness (QED) is 0.440. The average Bonchev–Trinajstić information content (AvgIpc) is 3.50. The van der Waals surface area contributed by atoms with Crippen molar-refractivity contribution in [2.75, 3.05) is 45.2 Å². The summed E-state index contributed by atoms with van der Waals surface area (Å²) in [7, 11) is 3.45. The standard InChI is InChI=1S/C20H27N9OS/c1-4-16-24-20(31-27-16)29-11-9-28(10-12-29)19(21-2)22-13-17-23-18(26-25-17)14-5-7-15(30-3)8-6-14/h5-8H,4,9-13H2,1-3H3,(H,21,22)(H,23,25,26). The van der Waals surface area contributed by atoms with Gasteiger partial charge in [-0.2, -0.15) is 9.47 Å². The lowest BCUT2D eigenvalue weighted by atomic mass is 10.2. The van der Waals surface area contributed by atoms with Crippen LogP contribution in [0.3, 0.4) is 0 Å². The lowest BCUT2D eigenvalue weighted by Crippen LogP contribution is -2.52. The predicted molar refractivity (Wildman–Crippen MR) is 122 cm³/mol. The number of hydrogen-bond donors (Lipinski definition) is 2. The number of guanidine groups is 1. The Labute approximate surface area is 185 Å². The molecule has 0 spiro atoms. The van der Waals surface area contributed by atoms with Crippen LogP contribution in [0, 0.1) is 0 Å². The summed E-state index contributed by atoms with van der Waals surface area (Å²) in [6.45, 7) is 6.12. The van der Waals surface area contributed by atoms with E-state index in [1.54, 1.807) is 14.2 Å². The molecule has 164 valence electrons. The van der Waals surface area contributed by atoms with Crippen LogP contribution in [-0.4, -0.2) is 75.7 Å². The maximum absolute atomic E-state index is 5.20. The summed E-state index contributed by atoms with van der Waals surface area (Å²) in [6, 6.07) is 7.68. The Morgan fingerprint density at radius 2 is 1.97 bits per heavy atom. The van der Waals surface area contributed by atoms with Gasteiger partial charge in [0.1, 0.15) is 17.4 Å². The highest BCUT2D eigenvalue weighted by Gasteiger charge is 2.22. The summed E-state index contributed by atoms with van der Waals surface area (Å²) in [4.78, 5) is 18.2. The first-order valence-corrected chi connectivity index (χ1v) is 11.1. The van der Waals surface area contributed by atoms with Crippen LogP contribution in [0.5, 0.6) is 5.75 Å². The Morgan fingerprint density at radius 3 is 2.61 bits per heavy atom. The number of piperazine rings is 1. The number of hydrogen-bond acceptors (Lipinski definition) is 8. The highest BCUT2D eigenvalue weighted by atomic mass is 32.1. The maximum atomic E-state index is 5.20. The molecular formula is C20H27N9OS. The van der Waals surface area contributed by atoms with Gasteiger partial charge in [-0.15, -0.1) is 0 Å². The summed E-state index contributed by atoms with van der Waals surface area (Å²) in [5, 5.41) is 11.7. The van der Waals surface area contributed by atoms with E-state index in [0.717, 1.165) is 66.7 Å². The molecule has 2 N–H and O–H groups in total. The number of ether oxygens (including phenoxy) is 1. The van der Waals surface area contributed by atoms with Crippen molar-refractivity contribution in [3.63, 3.8) is 0 Å². The molecule has 4 rings (SSSR count). The van der Waals surface area contributed by atoms with Crippen molar-refractivity contribution in [2.24, 2.45) is 4.99 Å². The molecule has 3 aromatic rings. The number of nitrogens with one attached hydrogen (secondary N) is 2. The second-order valence-corrected chi connectivity index (χ2v) is 7.79. The van der Waals surface area contributed by atoms with Crippen LogP contribution < -0.4 is 15.0 Å². The van der Waals surface area contributed by atoms with Crippen LogP contribution in [0.4, 0.5) is 5.13 Å². The largest absolute Gasteiger partial charge is 0.497 e. The summed E-state index contributed by atoms with van der Waals surface area (Å²) in [5.41, 5.74) is 0.937. The minimum atomic E-state index is 0.520. The highest BCUT2D eigenvalue weighted by Crippen LogP contribution is 2.20. The van der Waals surface area contributed by atoms with Crippen LogP contribution in [0.1, 0.15) is 18.6 Å². The zero-order chi connectivity index (χ0) is 21.6. The first-order chi connectivity index (χ1) is 15.2. The minimum absolute atomic E-state index is 0.520. The van der Waals surface area contributed by atoms with Gasteiger partial charge in [0.25, 0.3) is 0 Å². The molecule has 1 fully saturated rings. The lowest BCUT2D eigenvalue weighted by molar-refractivity contribution is 0.372. The first kappa shape index (κ1) is 21.0. The number of methoxy groups -OCH3 is 1. The Hall–Kier alpha value is -3.21. The summed E-state index contributed by atoms with van der Waals surface area (Å²) < 4.78 is 9.59. The number of aromatic amines is 1. The Balaban J connectivity index is 1.30. The van der Waals surface area contributed by atoms with Gasteiger partial charge in [-0.3, -0.25) is 10.1 Å². The summed E-state index contributed by atoms with van der Waals surface area (Å²) >= 11 is 1.48. The molecule has 11 heteroatoms. The van der Waals surface area contributed by atoms with Crippen molar-refractivity contribution in [2.45, 2.75) is 19.9 Å². The summed E-state index contributed by atoms with van der Waals surface area (Å²) in [6.07, 6.45) is 0.870. The minimum Gasteiger partial charge on any atom is -0.497 e. The van der Waals surface area contributed by atoms with Crippen LogP contribution in [-0.2, 0) is 13.0 Å². The van der Waals surface area contributed by atoms with Gasteiger partial charge in [-0.1, -0.05) is 6.92 Å². The molecule has 0 bridgehead atoms. The summed E-state index contributed by atoms with van der Waals surface area (Å²) in [5.74, 6) is 4.00. The monoisotopic (exact) mass is 441 g/mol. The van der Waals surface area contributed by atoms with E-state index in [9.17, 15) is 0 Å². The van der Waals surface area contributed by atoms with E-state index < -0.39 is 0 Å². The number of aromatic nitrogens is 5. The van der Waals surface area contributed by atoms with E-state index in [4.69, 9.17) is 4.74 Å². The van der Waals surface area contributed by atoms with Gasteiger partial charge >= 0.3 is 0 Å². The molecule has 0 atom stereocenters. The normalized spacial score (nSPS) is 14.7. The maximum Gasteiger partial charge on any atom is 0.205 e. The molecule has 0 radical (unpaired) electrons. The molecule has 0 amide bonds. The number of aliphatic imine (C=N–C) groups is 1. The third-order valence-corrected chi connectivity index (χ3v) is 5.94. The van der Waals surface area contributed by atoms with Crippen molar-refractivity contribution in [3.05, 3.63) is 35.9 Å². The van der Waals surface area contributed by atoms with Gasteiger partial charge in [-0.25, -0.2) is 9.97 Å². The molecule has 0 aliphatic carbocycles. The molecule has 1 aliphatic heterocycles. The second-order valence-electron chi connectivity index (χ2n) is 7.06. The Morgan fingerprint density at radius 1 is 1.19 bits per heavy atom. The number of anilines is 1. The van der Waals surface area contributed by atoms with Crippen LogP contribution in [0.25, 0.3) is 11.4 Å². The molecule has 0 saturated carbocycles. The fourth-order valence-electron chi connectivity index (χ4n) is 3.36. The van der Waals surface area contributed by atoms with Crippen molar-refractivity contribution in [1.82, 2.24) is 34.8 Å². The van der Waals surface area contributed by atoms with Crippen molar-refractivity contribution in [1.29, 1.82) is 0 Å². The van der Waals surface area contributed by atoms with E-state index in [1.165, 1.54) is 11.5 Å². The van der Waals surface area contributed by atoms with Gasteiger partial charge in [0.15, 0.2) is 11.8 Å². The topological polar surface area (TPSA) is 107 Å². The van der Waals surface area contributed by atoms with Gasteiger partial charge in [0, 0.05) is 56.7 Å². The Bertz CT molecular complexity index is 1010. The number of rotatable bonds is 6. The third-order valence-electron chi connectivity index (χ3n) is 5.13. The fourth-order valence-corrected chi connectivity index (χ4v) is 4.17. The van der Waals surface area contributed by atoms with E-state index in [1.807, 2.05) is 24.3 Å². The molecule has 0 unspecified atom stereocenters. The SMILES string of the molecule is CCc1nsc(N2CCN(C(=NC)NCc3nc(-c4ccc(OC)cc4)n[nH]3)CC2)n1. The van der Waals surface area contributed by atoms with E-state index in [0.29, 0.717) is 12.4 Å². The van der Waals surface area contributed by atoms with Gasteiger partial charge in [0.2, 0.25) is 5.13 Å². The number of aryl methyl sites for hydroxylation is 1. The van der Waals surface area contributed by atoms with Crippen molar-refractivity contribution >= 4 is 22.6 Å². The zero-order valence-corrected chi connectivity index (χ0v) is 18.8. The van der Waals surface area contributed by atoms with E-state index >= 15 is 0 Å². The van der Waals surface area contributed by atoms with Crippen LogP contribution >= 0.6 is 11.5 Å². The van der Waals surface area contributed by atoms with E-state index in [-0.39, 0.29) is 0 Å². The van der Waals surface area contributed by atoms with E-state index in [2.05, 4.69) is 51.6 Å². The zero-order valence-electron chi connectivity index (χ0n) is 18.0. The van der Waals surface area contributed by atoms with Crippen LogP contribution in [0.15, 0.2) is 29.3 Å². The highest BCUT2D eigenvalue weighted by molar-refractivity contribution is 7.09.